The number of carbonyl (C=O) groups excluding carboxylic acids is 1. The fourth-order valence-electron chi connectivity index (χ4n) is 1.58. The number of nitrogens with zero attached hydrogens (tertiary/aromatic N) is 2. The van der Waals surface area contributed by atoms with Crippen LogP contribution in [0.1, 0.15) is 20.9 Å². The number of thiazole rings is 1. The van der Waals surface area contributed by atoms with Gasteiger partial charge in [-0.05, 0) is 6.07 Å². The summed E-state index contributed by atoms with van der Waals surface area (Å²) in [6, 6.07) is 1.61. The number of hydrogen-bond donors (Lipinski definition) is 2. The molecule has 0 aliphatic rings. The molecule has 0 unspecified atom stereocenters. The predicted molar refractivity (Wildman–Crippen MR) is 76.4 cm³/mol. The molecule has 2 aromatic rings. The highest BCUT2D eigenvalue weighted by Gasteiger charge is 2.09. The highest BCUT2D eigenvalue weighted by Crippen LogP contribution is 2.06. The van der Waals surface area contributed by atoms with Crippen molar-refractivity contribution in [2.24, 2.45) is 0 Å². The lowest BCUT2D eigenvalue weighted by Crippen LogP contribution is -2.26. The molecule has 0 aliphatic heterocycles. The molecule has 2 heterocycles. The molecule has 0 saturated heterocycles. The van der Waals surface area contributed by atoms with E-state index in [-0.39, 0.29) is 12.5 Å². The maximum atomic E-state index is 12.1. The smallest absolute Gasteiger partial charge is 0.252 e. The van der Waals surface area contributed by atoms with Gasteiger partial charge in [-0.3, -0.25) is 9.78 Å². The van der Waals surface area contributed by atoms with Gasteiger partial charge in [0.25, 0.3) is 5.91 Å². The summed E-state index contributed by atoms with van der Waals surface area (Å²) in [5.74, 6) is 5.03. The topological polar surface area (TPSA) is 75.1 Å². The lowest BCUT2D eigenvalue weighted by molar-refractivity contribution is 0.0954. The zero-order chi connectivity index (χ0) is 14.2. The molecule has 0 atom stereocenters. The highest BCUT2D eigenvalue weighted by molar-refractivity contribution is 7.09. The zero-order valence-corrected chi connectivity index (χ0v) is 11.5. The van der Waals surface area contributed by atoms with Crippen LogP contribution >= 0.6 is 11.3 Å². The molecule has 102 valence electrons. The summed E-state index contributed by atoms with van der Waals surface area (Å²) < 4.78 is 0. The molecule has 1 amide bonds. The van der Waals surface area contributed by atoms with E-state index in [2.05, 4.69) is 27.1 Å². The van der Waals surface area contributed by atoms with Gasteiger partial charge in [0.1, 0.15) is 6.61 Å². The van der Waals surface area contributed by atoms with Gasteiger partial charge in [0.15, 0.2) is 0 Å². The number of aromatic nitrogens is 2. The van der Waals surface area contributed by atoms with Crippen molar-refractivity contribution >= 4 is 17.2 Å². The van der Waals surface area contributed by atoms with E-state index >= 15 is 0 Å². The molecule has 0 radical (unpaired) electrons. The van der Waals surface area contributed by atoms with Gasteiger partial charge in [-0.25, -0.2) is 4.98 Å². The van der Waals surface area contributed by atoms with E-state index in [0.717, 1.165) is 5.01 Å². The maximum absolute atomic E-state index is 12.1. The standard InChI is InChI=1S/C14H13N3O2S/c18-8-1-2-11-10-15-5-3-12(11)14(19)17-6-4-13-16-7-9-20-13/h3,5,7,9-10,18H,4,6,8H2,(H,17,19). The maximum Gasteiger partial charge on any atom is 0.252 e. The largest absolute Gasteiger partial charge is 0.384 e. The summed E-state index contributed by atoms with van der Waals surface area (Å²) in [6.45, 7) is 0.265. The van der Waals surface area contributed by atoms with E-state index in [1.807, 2.05) is 5.38 Å². The number of amides is 1. The first-order valence-electron chi connectivity index (χ1n) is 6.01. The average Bonchev–Trinajstić information content (AvgIpc) is 2.98. The molecule has 5 nitrogen and oxygen atoms in total. The van der Waals surface area contributed by atoms with E-state index in [9.17, 15) is 4.79 Å². The Bertz CT molecular complexity index is 629. The van der Waals surface area contributed by atoms with Crippen LogP contribution in [0.5, 0.6) is 0 Å². The third-order valence-electron chi connectivity index (χ3n) is 2.48. The minimum atomic E-state index is -0.250. The summed E-state index contributed by atoms with van der Waals surface area (Å²) >= 11 is 1.56. The molecular weight excluding hydrogens is 274 g/mol. The molecule has 0 aliphatic carbocycles. The average molecular weight is 287 g/mol. The Morgan fingerprint density at radius 1 is 1.45 bits per heavy atom. The number of hydrogen-bond acceptors (Lipinski definition) is 5. The predicted octanol–water partition coefficient (Wildman–Crippen LogP) is 0.854. The van der Waals surface area contributed by atoms with Crippen molar-refractivity contribution in [1.82, 2.24) is 15.3 Å². The Hall–Kier alpha value is -2.23. The minimum absolute atomic E-state index is 0.203. The van der Waals surface area contributed by atoms with Gasteiger partial charge < -0.3 is 10.4 Å². The van der Waals surface area contributed by atoms with Crippen LogP contribution in [-0.2, 0) is 6.42 Å². The van der Waals surface area contributed by atoms with Crippen LogP contribution < -0.4 is 5.32 Å². The van der Waals surface area contributed by atoms with Crippen molar-refractivity contribution < 1.29 is 9.90 Å². The third-order valence-corrected chi connectivity index (χ3v) is 3.32. The van der Waals surface area contributed by atoms with Crippen LogP contribution in [0, 0.1) is 11.8 Å². The van der Waals surface area contributed by atoms with E-state index in [0.29, 0.717) is 24.1 Å². The van der Waals surface area contributed by atoms with Crippen molar-refractivity contribution in [3.8, 4) is 11.8 Å². The van der Waals surface area contributed by atoms with Crippen molar-refractivity contribution in [3.63, 3.8) is 0 Å². The Kier molecular flexibility index (Phi) is 5.24. The molecule has 2 N–H and O–H groups in total. The second-order valence-electron chi connectivity index (χ2n) is 3.81. The fraction of sp³-hybridized carbons (Fsp3) is 0.214. The first-order chi connectivity index (χ1) is 9.81. The number of pyridine rings is 1. The number of aliphatic hydroxyl groups excluding tert-OH is 1. The fourth-order valence-corrected chi connectivity index (χ4v) is 2.20. The van der Waals surface area contributed by atoms with E-state index in [4.69, 9.17) is 5.11 Å². The van der Waals surface area contributed by atoms with Gasteiger partial charge in [-0.2, -0.15) is 0 Å². The van der Waals surface area contributed by atoms with Crippen molar-refractivity contribution in [2.75, 3.05) is 13.2 Å². The minimum Gasteiger partial charge on any atom is -0.384 e. The Morgan fingerprint density at radius 3 is 3.10 bits per heavy atom. The first-order valence-corrected chi connectivity index (χ1v) is 6.89. The first kappa shape index (κ1) is 14.2. The summed E-state index contributed by atoms with van der Waals surface area (Å²) in [7, 11) is 0. The molecule has 0 bridgehead atoms. The van der Waals surface area contributed by atoms with Crippen LogP contribution in [0.3, 0.4) is 0 Å². The van der Waals surface area contributed by atoms with Gasteiger partial charge in [0.05, 0.1) is 16.1 Å². The molecule has 0 aromatic carbocycles. The molecule has 0 saturated carbocycles. The molecule has 6 heteroatoms. The lowest BCUT2D eigenvalue weighted by atomic mass is 10.1. The molecule has 2 aromatic heterocycles. The van der Waals surface area contributed by atoms with E-state index < -0.39 is 0 Å². The second-order valence-corrected chi connectivity index (χ2v) is 4.79. The van der Waals surface area contributed by atoms with Crippen molar-refractivity contribution in [1.29, 1.82) is 0 Å². The molecular formula is C14H13N3O2S. The van der Waals surface area contributed by atoms with Gasteiger partial charge in [-0.15, -0.1) is 11.3 Å². The number of carbonyl (C=O) groups is 1. The molecule has 0 spiro atoms. The highest BCUT2D eigenvalue weighted by atomic mass is 32.1. The van der Waals surface area contributed by atoms with Gasteiger partial charge >= 0.3 is 0 Å². The summed E-state index contributed by atoms with van der Waals surface area (Å²) in [6.07, 6.45) is 5.50. The Morgan fingerprint density at radius 2 is 2.35 bits per heavy atom. The Labute approximate surface area is 120 Å². The van der Waals surface area contributed by atoms with E-state index in [1.54, 1.807) is 29.8 Å². The number of nitrogens with one attached hydrogen (secondary N) is 1. The lowest BCUT2D eigenvalue weighted by Gasteiger charge is -2.05. The van der Waals surface area contributed by atoms with Gasteiger partial charge in [0.2, 0.25) is 0 Å². The summed E-state index contributed by atoms with van der Waals surface area (Å²) in [5, 5.41) is 14.4. The quantitative estimate of drug-likeness (QED) is 0.818. The second kappa shape index (κ2) is 7.38. The van der Waals surface area contributed by atoms with Gasteiger partial charge in [-0.1, -0.05) is 11.8 Å². The molecule has 0 fully saturated rings. The number of rotatable bonds is 4. The summed E-state index contributed by atoms with van der Waals surface area (Å²) in [5.41, 5.74) is 0.966. The summed E-state index contributed by atoms with van der Waals surface area (Å²) in [4.78, 5) is 20.2. The van der Waals surface area contributed by atoms with Crippen LogP contribution in [0.2, 0.25) is 0 Å². The normalized spacial score (nSPS) is 9.65. The molecule has 2 rings (SSSR count). The van der Waals surface area contributed by atoms with Crippen LogP contribution in [0.15, 0.2) is 30.0 Å². The third kappa shape index (κ3) is 3.88. The van der Waals surface area contributed by atoms with Crippen LogP contribution in [0.4, 0.5) is 0 Å². The SMILES string of the molecule is O=C(NCCc1nccs1)c1ccncc1C#CCO. The van der Waals surface area contributed by atoms with Gasteiger partial charge in [0, 0.05) is 36.9 Å². The Balaban J connectivity index is 1.98. The monoisotopic (exact) mass is 287 g/mol. The number of aliphatic hydroxyl groups is 1. The van der Waals surface area contributed by atoms with E-state index in [1.165, 1.54) is 6.20 Å². The van der Waals surface area contributed by atoms with Crippen LogP contribution in [-0.4, -0.2) is 34.1 Å². The van der Waals surface area contributed by atoms with Crippen molar-refractivity contribution in [3.05, 3.63) is 46.2 Å². The zero-order valence-electron chi connectivity index (χ0n) is 10.7. The molecule has 20 heavy (non-hydrogen) atoms. The van der Waals surface area contributed by atoms with Crippen molar-refractivity contribution in [2.45, 2.75) is 6.42 Å². The van der Waals surface area contributed by atoms with Crippen LogP contribution in [0.25, 0.3) is 0 Å².